The first-order valence-electron chi connectivity index (χ1n) is 6.75. The van der Waals surface area contributed by atoms with Gasteiger partial charge in [-0.2, -0.15) is 0 Å². The average molecular weight is 276 g/mol. The van der Waals surface area contributed by atoms with Gasteiger partial charge in [-0.3, -0.25) is 14.5 Å². The molecule has 0 aromatic heterocycles. The van der Waals surface area contributed by atoms with Crippen LogP contribution in [0.15, 0.2) is 24.3 Å². The van der Waals surface area contributed by atoms with E-state index < -0.39 is 11.9 Å². The Balaban J connectivity index is 1.97. The third-order valence-electron chi connectivity index (χ3n) is 3.79. The molecule has 5 heteroatoms. The van der Waals surface area contributed by atoms with Gasteiger partial charge in [0.15, 0.2) is 0 Å². The van der Waals surface area contributed by atoms with Crippen molar-refractivity contribution in [2.24, 2.45) is 0 Å². The van der Waals surface area contributed by atoms with Crippen LogP contribution in [-0.2, 0) is 16.1 Å². The fraction of sp³-hybridized carbons (Fsp3) is 0.467. The normalized spacial score (nSPS) is 18.1. The van der Waals surface area contributed by atoms with Gasteiger partial charge in [0.2, 0.25) is 5.91 Å². The number of hydrogen-bond acceptors (Lipinski definition) is 3. The molecule has 108 valence electrons. The number of rotatable bonds is 4. The molecular weight excluding hydrogens is 256 g/mol. The SMILES string of the molecule is CC(C(=O)O)c1ccc(CN2CCN(C)C(=O)C2)cc1. The molecule has 0 saturated carbocycles. The Bertz CT molecular complexity index is 498. The van der Waals surface area contributed by atoms with Gasteiger partial charge in [-0.1, -0.05) is 24.3 Å². The molecule has 1 heterocycles. The first kappa shape index (κ1) is 14.5. The fourth-order valence-corrected chi connectivity index (χ4v) is 2.25. The maximum absolute atomic E-state index is 11.6. The highest BCUT2D eigenvalue weighted by Crippen LogP contribution is 2.17. The van der Waals surface area contributed by atoms with E-state index in [9.17, 15) is 9.59 Å². The van der Waals surface area contributed by atoms with Gasteiger partial charge in [-0.25, -0.2) is 0 Å². The summed E-state index contributed by atoms with van der Waals surface area (Å²) in [7, 11) is 1.82. The summed E-state index contributed by atoms with van der Waals surface area (Å²) in [6.07, 6.45) is 0. The van der Waals surface area contributed by atoms with Crippen molar-refractivity contribution >= 4 is 11.9 Å². The van der Waals surface area contributed by atoms with Crippen molar-refractivity contribution in [1.82, 2.24) is 9.80 Å². The molecule has 1 saturated heterocycles. The van der Waals surface area contributed by atoms with Crippen LogP contribution in [0, 0.1) is 0 Å². The zero-order valence-electron chi connectivity index (χ0n) is 11.9. The zero-order valence-corrected chi connectivity index (χ0v) is 11.9. The predicted octanol–water partition coefficient (Wildman–Crippen LogP) is 1.15. The van der Waals surface area contributed by atoms with E-state index >= 15 is 0 Å². The molecule has 0 spiro atoms. The van der Waals surface area contributed by atoms with E-state index in [4.69, 9.17) is 5.11 Å². The Labute approximate surface area is 118 Å². The Morgan fingerprint density at radius 3 is 2.50 bits per heavy atom. The second-order valence-corrected chi connectivity index (χ2v) is 5.33. The van der Waals surface area contributed by atoms with Crippen molar-refractivity contribution in [3.05, 3.63) is 35.4 Å². The summed E-state index contributed by atoms with van der Waals surface area (Å²) in [6.45, 7) is 4.48. The minimum atomic E-state index is -0.817. The van der Waals surface area contributed by atoms with E-state index in [0.717, 1.165) is 30.8 Å². The van der Waals surface area contributed by atoms with Crippen LogP contribution in [0.4, 0.5) is 0 Å². The lowest BCUT2D eigenvalue weighted by molar-refractivity contribution is -0.138. The molecular formula is C15H20N2O3. The highest BCUT2D eigenvalue weighted by atomic mass is 16.4. The van der Waals surface area contributed by atoms with E-state index in [2.05, 4.69) is 4.90 Å². The number of carbonyl (C=O) groups excluding carboxylic acids is 1. The van der Waals surface area contributed by atoms with Crippen molar-refractivity contribution in [1.29, 1.82) is 0 Å². The molecule has 0 radical (unpaired) electrons. The average Bonchev–Trinajstić information content (AvgIpc) is 2.43. The number of aliphatic carboxylic acids is 1. The number of likely N-dealkylation sites (N-methyl/N-ethyl adjacent to an activating group) is 1. The number of benzene rings is 1. The van der Waals surface area contributed by atoms with Gasteiger partial charge in [0.1, 0.15) is 0 Å². The summed E-state index contributed by atoms with van der Waals surface area (Å²) >= 11 is 0. The third kappa shape index (κ3) is 3.36. The molecule has 0 bridgehead atoms. The Morgan fingerprint density at radius 1 is 1.30 bits per heavy atom. The number of carboxylic acid groups (broad SMARTS) is 1. The molecule has 1 aliphatic heterocycles. The Hall–Kier alpha value is -1.88. The highest BCUT2D eigenvalue weighted by Gasteiger charge is 2.21. The van der Waals surface area contributed by atoms with Crippen LogP contribution in [0.2, 0.25) is 0 Å². The minimum absolute atomic E-state index is 0.146. The summed E-state index contributed by atoms with van der Waals surface area (Å²) in [5, 5.41) is 8.97. The van der Waals surface area contributed by atoms with E-state index in [1.54, 1.807) is 11.8 Å². The molecule has 1 atom stereocenters. The number of piperazine rings is 1. The number of carbonyl (C=O) groups is 2. The minimum Gasteiger partial charge on any atom is -0.481 e. The van der Waals surface area contributed by atoms with Gasteiger partial charge < -0.3 is 10.0 Å². The Morgan fingerprint density at radius 2 is 1.95 bits per heavy atom. The number of nitrogens with zero attached hydrogens (tertiary/aromatic N) is 2. The standard InChI is InChI=1S/C15H20N2O3/c1-11(15(19)20)13-5-3-12(4-6-13)9-17-8-7-16(2)14(18)10-17/h3-6,11H,7-10H2,1-2H3,(H,19,20). The maximum atomic E-state index is 11.6. The summed E-state index contributed by atoms with van der Waals surface area (Å²) in [5.41, 5.74) is 1.90. The second-order valence-electron chi connectivity index (χ2n) is 5.33. The molecule has 5 nitrogen and oxygen atoms in total. The van der Waals surface area contributed by atoms with Crippen molar-refractivity contribution in [3.8, 4) is 0 Å². The first-order valence-corrected chi connectivity index (χ1v) is 6.75. The second kappa shape index (κ2) is 6.05. The first-order chi connectivity index (χ1) is 9.47. The van der Waals surface area contributed by atoms with Crippen LogP contribution in [-0.4, -0.2) is 53.5 Å². The molecule has 1 amide bonds. The van der Waals surface area contributed by atoms with Crippen LogP contribution < -0.4 is 0 Å². The molecule has 2 rings (SSSR count). The van der Waals surface area contributed by atoms with Gasteiger partial charge in [0, 0.05) is 26.7 Å². The van der Waals surface area contributed by atoms with E-state index in [-0.39, 0.29) is 5.91 Å². The third-order valence-corrected chi connectivity index (χ3v) is 3.79. The molecule has 1 aliphatic rings. The van der Waals surface area contributed by atoms with Gasteiger partial charge in [0.25, 0.3) is 0 Å². The van der Waals surface area contributed by atoms with E-state index in [0.29, 0.717) is 6.54 Å². The maximum Gasteiger partial charge on any atom is 0.310 e. The number of amides is 1. The lowest BCUT2D eigenvalue weighted by Crippen LogP contribution is -2.47. The van der Waals surface area contributed by atoms with Crippen LogP contribution in [0.3, 0.4) is 0 Å². The lowest BCUT2D eigenvalue weighted by Gasteiger charge is -2.31. The van der Waals surface area contributed by atoms with Crippen molar-refractivity contribution in [2.75, 3.05) is 26.7 Å². The predicted molar refractivity (Wildman–Crippen MR) is 75.4 cm³/mol. The lowest BCUT2D eigenvalue weighted by atomic mass is 10.00. The number of carboxylic acids is 1. The molecule has 1 aromatic carbocycles. The summed E-state index contributed by atoms with van der Waals surface area (Å²) < 4.78 is 0. The molecule has 1 fully saturated rings. The van der Waals surface area contributed by atoms with Crippen molar-refractivity contribution in [3.63, 3.8) is 0 Å². The smallest absolute Gasteiger partial charge is 0.310 e. The van der Waals surface area contributed by atoms with Crippen LogP contribution in [0.1, 0.15) is 24.0 Å². The largest absolute Gasteiger partial charge is 0.481 e. The summed E-state index contributed by atoms with van der Waals surface area (Å²) in [4.78, 5) is 26.4. The highest BCUT2D eigenvalue weighted by molar-refractivity contribution is 5.78. The molecule has 1 aromatic rings. The van der Waals surface area contributed by atoms with E-state index in [1.807, 2.05) is 31.3 Å². The van der Waals surface area contributed by atoms with Crippen LogP contribution in [0.5, 0.6) is 0 Å². The van der Waals surface area contributed by atoms with Gasteiger partial charge in [0.05, 0.1) is 12.5 Å². The van der Waals surface area contributed by atoms with Crippen LogP contribution >= 0.6 is 0 Å². The topological polar surface area (TPSA) is 60.9 Å². The monoisotopic (exact) mass is 276 g/mol. The molecule has 0 aliphatic carbocycles. The van der Waals surface area contributed by atoms with Gasteiger partial charge in [-0.05, 0) is 18.1 Å². The van der Waals surface area contributed by atoms with Gasteiger partial charge in [-0.15, -0.1) is 0 Å². The summed E-state index contributed by atoms with van der Waals surface area (Å²) in [6, 6.07) is 7.59. The zero-order chi connectivity index (χ0) is 14.7. The van der Waals surface area contributed by atoms with Crippen molar-refractivity contribution in [2.45, 2.75) is 19.4 Å². The van der Waals surface area contributed by atoms with Gasteiger partial charge >= 0.3 is 5.97 Å². The van der Waals surface area contributed by atoms with E-state index in [1.165, 1.54) is 0 Å². The molecule has 20 heavy (non-hydrogen) atoms. The Kier molecular flexibility index (Phi) is 4.39. The van der Waals surface area contributed by atoms with Crippen molar-refractivity contribution < 1.29 is 14.7 Å². The quantitative estimate of drug-likeness (QED) is 0.896. The number of hydrogen-bond donors (Lipinski definition) is 1. The van der Waals surface area contributed by atoms with Crippen LogP contribution in [0.25, 0.3) is 0 Å². The fourth-order valence-electron chi connectivity index (χ4n) is 2.25. The molecule has 1 unspecified atom stereocenters. The summed E-state index contributed by atoms with van der Waals surface area (Å²) in [5.74, 6) is -1.16. The molecule has 1 N–H and O–H groups in total.